The molecule has 0 bridgehead atoms. The van der Waals surface area contributed by atoms with Crippen molar-refractivity contribution in [3.05, 3.63) is 105 Å². The lowest BCUT2D eigenvalue weighted by molar-refractivity contribution is 0.0370. The van der Waals surface area contributed by atoms with Crippen LogP contribution >= 0.6 is 0 Å². The summed E-state index contributed by atoms with van der Waals surface area (Å²) in [5.41, 5.74) is 0. The topological polar surface area (TPSA) is 88.4 Å². The van der Waals surface area contributed by atoms with Crippen LogP contribution in [0.4, 0.5) is 0 Å². The summed E-state index contributed by atoms with van der Waals surface area (Å²) < 4.78 is 15.4. The Labute approximate surface area is 291 Å². The van der Waals surface area contributed by atoms with Crippen LogP contribution in [0, 0.1) is 0 Å². The zero-order chi connectivity index (χ0) is 39.0. The lowest BCUT2D eigenvalue weighted by Gasteiger charge is -2.03. The van der Waals surface area contributed by atoms with Crippen molar-refractivity contribution in [2.75, 3.05) is 59.5 Å². The van der Waals surface area contributed by atoms with Gasteiger partial charge in [0.15, 0.2) is 0 Å². The predicted octanol–water partition coefficient (Wildman–Crippen LogP) is 11.1. The molecule has 0 aliphatic heterocycles. The summed E-state index contributed by atoms with van der Waals surface area (Å²) in [5.74, 6) is 0. The van der Waals surface area contributed by atoms with Gasteiger partial charge in [0.2, 0.25) is 0 Å². The third kappa shape index (κ3) is 198. The van der Waals surface area contributed by atoms with Crippen molar-refractivity contribution in [1.82, 2.24) is 0 Å². The summed E-state index contributed by atoms with van der Waals surface area (Å²) in [6.45, 7) is 58.6. The molecule has 0 spiro atoms. The Hall–Kier alpha value is -2.32. The third-order valence-corrected chi connectivity index (χ3v) is 4.20. The van der Waals surface area contributed by atoms with Gasteiger partial charge in [-0.3, -0.25) is 0 Å². The van der Waals surface area contributed by atoms with Gasteiger partial charge >= 0.3 is 0 Å². The Morgan fingerprint density at radius 3 is 0.891 bits per heavy atom. The Bertz CT molecular complexity index is 300. The second kappa shape index (κ2) is 158. The maximum absolute atomic E-state index is 8.26. The van der Waals surface area contributed by atoms with E-state index < -0.39 is 0 Å². The Kier molecular flexibility index (Phi) is 255. The minimum Gasteiger partial charge on any atom is -0.394 e. The second-order valence-electron chi connectivity index (χ2n) is 7.13. The lowest BCUT2D eigenvalue weighted by atomic mass is 10.1. The summed E-state index contributed by atoms with van der Waals surface area (Å²) in [5, 5.41) is 23.5. The molecule has 6 heteroatoms. The van der Waals surface area contributed by atoms with Gasteiger partial charge in [0.05, 0.1) is 39.6 Å². The van der Waals surface area contributed by atoms with Crippen molar-refractivity contribution < 1.29 is 29.5 Å². The van der Waals surface area contributed by atoms with Crippen LogP contribution in [0.15, 0.2) is 105 Å². The number of unbranched alkanes of at least 4 members (excludes halogenated alkanes) is 10. The van der Waals surface area contributed by atoms with E-state index in [2.05, 4.69) is 119 Å². The van der Waals surface area contributed by atoms with Gasteiger partial charge in [-0.05, 0) is 19.8 Å². The van der Waals surface area contributed by atoms with Crippen molar-refractivity contribution >= 4 is 0 Å². The van der Waals surface area contributed by atoms with Gasteiger partial charge in [-0.2, -0.15) is 0 Å². The van der Waals surface area contributed by atoms with E-state index in [1.54, 1.807) is 0 Å². The van der Waals surface area contributed by atoms with E-state index in [0.29, 0.717) is 19.8 Å². The third-order valence-electron chi connectivity index (χ3n) is 4.20. The quantitative estimate of drug-likeness (QED) is 0.0837. The zero-order valence-corrected chi connectivity index (χ0v) is 31.7. The molecule has 0 aliphatic rings. The van der Waals surface area contributed by atoms with E-state index in [1.165, 1.54) is 77.0 Å². The SMILES string of the molecule is C=C.C=C.C=C.C=C.C=C.C=C.C=C.C=C.CCCCCCCCCCCCOCCCC.CCOCCOCCO.OCCO. The molecule has 0 rings (SSSR count). The maximum Gasteiger partial charge on any atom is 0.0701 e. The van der Waals surface area contributed by atoms with Gasteiger partial charge < -0.3 is 29.5 Å². The first-order valence-corrected chi connectivity index (χ1v) is 16.3. The molecule has 0 saturated carbocycles. The van der Waals surface area contributed by atoms with Crippen molar-refractivity contribution in [3.8, 4) is 0 Å². The fraction of sp³-hybridized carbons (Fsp3) is 0.600. The largest absolute Gasteiger partial charge is 0.394 e. The van der Waals surface area contributed by atoms with E-state index in [1.807, 2.05) is 6.92 Å². The Morgan fingerprint density at radius 2 is 0.587 bits per heavy atom. The fourth-order valence-electron chi connectivity index (χ4n) is 2.47. The summed E-state index contributed by atoms with van der Waals surface area (Å²) in [6.07, 6.45) is 16.5. The summed E-state index contributed by atoms with van der Waals surface area (Å²) in [7, 11) is 0. The van der Waals surface area contributed by atoms with Gasteiger partial charge in [-0.15, -0.1) is 105 Å². The molecule has 0 atom stereocenters. The van der Waals surface area contributed by atoms with E-state index in [4.69, 9.17) is 29.5 Å². The monoisotopic (exact) mass is 663 g/mol. The first-order chi connectivity index (χ1) is 22.7. The molecular weight excluding hydrogens is 576 g/mol. The smallest absolute Gasteiger partial charge is 0.0701 e. The number of hydrogen-bond acceptors (Lipinski definition) is 6. The highest BCUT2D eigenvalue weighted by Crippen LogP contribution is 2.10. The standard InChI is InChI=1S/C16H34O.C6H14O3.C2H6O2.8C2H4/c1-3-5-7-8-9-10-11-12-13-14-16-17-15-6-4-2;1-2-8-5-6-9-4-3-7;3-1-2-4;8*1-2/h3-16H2,1-2H3;7H,2-6H2,1H3;3-4H,1-2H2;8*1-2H2. The van der Waals surface area contributed by atoms with Crippen LogP contribution in [-0.2, 0) is 14.2 Å². The molecular formula is C40H86O6. The molecule has 6 nitrogen and oxygen atoms in total. The minimum absolute atomic E-state index is 0.0894. The molecule has 282 valence electrons. The molecule has 0 heterocycles. The molecule has 0 amide bonds. The molecule has 0 aromatic carbocycles. The van der Waals surface area contributed by atoms with Crippen LogP contribution in [0.5, 0.6) is 0 Å². The van der Waals surface area contributed by atoms with Crippen molar-refractivity contribution in [3.63, 3.8) is 0 Å². The van der Waals surface area contributed by atoms with Crippen LogP contribution in [0.3, 0.4) is 0 Å². The van der Waals surface area contributed by atoms with E-state index in [9.17, 15) is 0 Å². The Morgan fingerprint density at radius 1 is 0.304 bits per heavy atom. The Balaban J connectivity index is -0.0000000397. The van der Waals surface area contributed by atoms with E-state index >= 15 is 0 Å². The molecule has 46 heavy (non-hydrogen) atoms. The molecule has 3 N–H and O–H groups in total. The highest BCUT2D eigenvalue weighted by molar-refractivity contribution is 4.47. The number of hydrogen-bond donors (Lipinski definition) is 3. The second-order valence-corrected chi connectivity index (χ2v) is 7.13. The van der Waals surface area contributed by atoms with Crippen molar-refractivity contribution in [2.45, 2.75) is 97.8 Å². The van der Waals surface area contributed by atoms with Crippen LogP contribution in [0.2, 0.25) is 0 Å². The average Bonchev–Trinajstić information content (AvgIpc) is 3.17. The highest BCUT2D eigenvalue weighted by atomic mass is 16.5. The van der Waals surface area contributed by atoms with Crippen LogP contribution in [0.25, 0.3) is 0 Å². The van der Waals surface area contributed by atoms with Gasteiger partial charge in [-0.1, -0.05) is 78.1 Å². The van der Waals surface area contributed by atoms with Gasteiger partial charge in [0.25, 0.3) is 0 Å². The average molecular weight is 663 g/mol. The number of aliphatic hydroxyl groups excluding tert-OH is 3. The van der Waals surface area contributed by atoms with Crippen LogP contribution < -0.4 is 0 Å². The highest BCUT2D eigenvalue weighted by Gasteiger charge is 1.93. The minimum atomic E-state index is -0.125. The summed E-state index contributed by atoms with van der Waals surface area (Å²) in [6, 6.07) is 0. The van der Waals surface area contributed by atoms with E-state index in [0.717, 1.165) is 19.8 Å². The predicted molar refractivity (Wildman–Crippen MR) is 216 cm³/mol. The van der Waals surface area contributed by atoms with E-state index in [-0.39, 0.29) is 19.8 Å². The summed E-state index contributed by atoms with van der Waals surface area (Å²) in [4.78, 5) is 0. The molecule has 0 radical (unpaired) electrons. The molecule has 0 aliphatic carbocycles. The molecule has 0 aromatic heterocycles. The van der Waals surface area contributed by atoms with Crippen LogP contribution in [-0.4, -0.2) is 74.8 Å². The van der Waals surface area contributed by atoms with Crippen molar-refractivity contribution in [2.24, 2.45) is 0 Å². The number of aliphatic hydroxyl groups is 3. The van der Waals surface area contributed by atoms with Gasteiger partial charge in [-0.25, -0.2) is 0 Å². The normalized spacial score (nSPS) is 7.35. The number of ether oxygens (including phenoxy) is 3. The molecule has 0 saturated heterocycles. The van der Waals surface area contributed by atoms with Gasteiger partial charge in [0.1, 0.15) is 0 Å². The summed E-state index contributed by atoms with van der Waals surface area (Å²) >= 11 is 0. The van der Waals surface area contributed by atoms with Crippen LogP contribution in [0.1, 0.15) is 97.8 Å². The zero-order valence-electron chi connectivity index (χ0n) is 31.7. The van der Waals surface area contributed by atoms with Gasteiger partial charge in [0, 0.05) is 19.8 Å². The first-order valence-electron chi connectivity index (χ1n) is 16.3. The molecule has 0 fully saturated rings. The molecule has 0 unspecified atom stereocenters. The molecule has 0 aromatic rings. The lowest BCUT2D eigenvalue weighted by Crippen LogP contribution is -2.06. The fourth-order valence-corrected chi connectivity index (χ4v) is 2.47. The van der Waals surface area contributed by atoms with Crippen molar-refractivity contribution in [1.29, 1.82) is 0 Å². The maximum atomic E-state index is 8.26. The first kappa shape index (κ1) is 74.5. The number of rotatable bonds is 21.